The molecular weight excluding hydrogens is 434 g/mol. The van der Waals surface area contributed by atoms with Crippen molar-refractivity contribution in [1.29, 1.82) is 0 Å². The number of nitrogens with two attached hydrogens (primary N) is 1. The Morgan fingerprint density at radius 2 is 1.87 bits per heavy atom. The van der Waals surface area contributed by atoms with Gasteiger partial charge in [0.25, 0.3) is 11.8 Å². The number of amides is 2. The van der Waals surface area contributed by atoms with E-state index in [1.54, 1.807) is 13.0 Å². The Balaban J connectivity index is 2.36. The fourth-order valence-electron chi connectivity index (χ4n) is 2.44. The minimum Gasteiger partial charge on any atom is -0.493 e. The summed E-state index contributed by atoms with van der Waals surface area (Å²) in [5.41, 5.74) is 6.20. The van der Waals surface area contributed by atoms with Crippen molar-refractivity contribution < 1.29 is 27.5 Å². The summed E-state index contributed by atoms with van der Waals surface area (Å²) in [6.45, 7) is 1.32. The molecule has 0 atom stereocenters. The number of ether oxygens (including phenoxy) is 2. The highest BCUT2D eigenvalue weighted by Crippen LogP contribution is 2.36. The van der Waals surface area contributed by atoms with Crippen LogP contribution in [0.25, 0.3) is 0 Å². The van der Waals surface area contributed by atoms with Crippen molar-refractivity contribution in [2.24, 2.45) is 5.73 Å². The third-order valence-electron chi connectivity index (χ3n) is 4.09. The van der Waals surface area contributed by atoms with Gasteiger partial charge in [-0.25, -0.2) is 12.7 Å². The number of aryl methyl sites for hydroxylation is 1. The van der Waals surface area contributed by atoms with Gasteiger partial charge in [-0.2, -0.15) is 0 Å². The summed E-state index contributed by atoms with van der Waals surface area (Å²) in [5, 5.41) is 2.72. The molecule has 2 amide bonds. The van der Waals surface area contributed by atoms with Crippen molar-refractivity contribution >= 4 is 39.1 Å². The van der Waals surface area contributed by atoms with Gasteiger partial charge in [-0.15, -0.1) is 0 Å². The van der Waals surface area contributed by atoms with Crippen LogP contribution in [0.4, 0.5) is 5.69 Å². The van der Waals surface area contributed by atoms with Crippen molar-refractivity contribution in [2.75, 3.05) is 33.1 Å². The number of nitrogens with zero attached hydrogens (tertiary/aromatic N) is 1. The average Bonchev–Trinajstić information content (AvgIpc) is 2.67. The van der Waals surface area contributed by atoms with E-state index in [0.29, 0.717) is 11.3 Å². The second-order valence-electron chi connectivity index (χ2n) is 6.46. The molecule has 0 aliphatic carbocycles. The number of methoxy groups -OCH3 is 1. The minimum absolute atomic E-state index is 0.0409. The van der Waals surface area contributed by atoms with Crippen LogP contribution in [0.5, 0.6) is 11.5 Å². The molecule has 0 aromatic heterocycles. The molecule has 162 valence electrons. The van der Waals surface area contributed by atoms with Crippen LogP contribution < -0.4 is 20.5 Å². The van der Waals surface area contributed by atoms with Crippen LogP contribution in [0, 0.1) is 6.92 Å². The first-order valence-electron chi connectivity index (χ1n) is 8.60. The van der Waals surface area contributed by atoms with Crippen LogP contribution in [-0.2, 0) is 14.8 Å². The molecule has 0 unspecified atom stereocenters. The first-order valence-corrected chi connectivity index (χ1v) is 10.4. The summed E-state index contributed by atoms with van der Waals surface area (Å²) < 4.78 is 36.2. The maximum atomic E-state index is 12.8. The van der Waals surface area contributed by atoms with Crippen LogP contribution in [0.1, 0.15) is 15.9 Å². The molecule has 3 N–H and O–H groups in total. The molecule has 2 aromatic rings. The van der Waals surface area contributed by atoms with Crippen LogP contribution >= 0.6 is 11.6 Å². The van der Waals surface area contributed by atoms with Gasteiger partial charge in [0.2, 0.25) is 10.0 Å². The number of benzene rings is 2. The Morgan fingerprint density at radius 1 is 1.20 bits per heavy atom. The summed E-state index contributed by atoms with van der Waals surface area (Å²) in [7, 11) is 0.526. The van der Waals surface area contributed by atoms with E-state index >= 15 is 0 Å². The van der Waals surface area contributed by atoms with Gasteiger partial charge in [-0.3, -0.25) is 9.59 Å². The molecule has 0 aliphatic rings. The third kappa shape index (κ3) is 5.21. The smallest absolute Gasteiger partial charge is 0.255 e. The van der Waals surface area contributed by atoms with Crippen LogP contribution in [0.15, 0.2) is 35.2 Å². The second-order valence-corrected chi connectivity index (χ2v) is 9.02. The number of hydrogen-bond donors (Lipinski definition) is 2. The topological polar surface area (TPSA) is 128 Å². The van der Waals surface area contributed by atoms with Gasteiger partial charge in [-0.1, -0.05) is 17.7 Å². The van der Waals surface area contributed by atoms with E-state index < -0.39 is 28.4 Å². The summed E-state index contributed by atoms with van der Waals surface area (Å²) in [5.74, 6) is -1.03. The molecule has 0 fully saturated rings. The van der Waals surface area contributed by atoms with Gasteiger partial charge in [0.15, 0.2) is 18.1 Å². The highest BCUT2D eigenvalue weighted by Gasteiger charge is 2.20. The quantitative estimate of drug-likeness (QED) is 0.626. The largest absolute Gasteiger partial charge is 0.493 e. The molecule has 0 radical (unpaired) electrons. The van der Waals surface area contributed by atoms with E-state index in [4.69, 9.17) is 26.8 Å². The molecule has 2 rings (SSSR count). The van der Waals surface area contributed by atoms with Crippen LogP contribution in [0.3, 0.4) is 0 Å². The van der Waals surface area contributed by atoms with Crippen molar-refractivity contribution in [3.63, 3.8) is 0 Å². The van der Waals surface area contributed by atoms with Gasteiger partial charge in [0, 0.05) is 25.3 Å². The Kier molecular flexibility index (Phi) is 7.30. The highest BCUT2D eigenvalue weighted by molar-refractivity contribution is 7.89. The minimum atomic E-state index is -3.67. The normalized spacial score (nSPS) is 11.3. The molecular formula is C19H22ClN3O6S. The van der Waals surface area contributed by atoms with E-state index in [1.807, 2.05) is 0 Å². The summed E-state index contributed by atoms with van der Waals surface area (Å²) >= 11 is 6.17. The molecule has 0 bridgehead atoms. The van der Waals surface area contributed by atoms with E-state index in [0.717, 1.165) is 4.31 Å². The summed E-state index contributed by atoms with van der Waals surface area (Å²) in [6.07, 6.45) is 0. The van der Waals surface area contributed by atoms with Gasteiger partial charge in [0.05, 0.1) is 17.0 Å². The van der Waals surface area contributed by atoms with E-state index in [9.17, 15) is 18.0 Å². The summed E-state index contributed by atoms with van der Waals surface area (Å²) in [6, 6.07) is 7.16. The van der Waals surface area contributed by atoms with Crippen molar-refractivity contribution in [2.45, 2.75) is 11.8 Å². The van der Waals surface area contributed by atoms with Crippen molar-refractivity contribution in [3.05, 3.63) is 46.5 Å². The molecule has 11 heteroatoms. The zero-order valence-corrected chi connectivity index (χ0v) is 18.4. The Labute approximate surface area is 179 Å². The lowest BCUT2D eigenvalue weighted by Crippen LogP contribution is -2.22. The zero-order chi connectivity index (χ0) is 22.6. The first kappa shape index (κ1) is 23.5. The maximum absolute atomic E-state index is 12.8. The molecule has 0 heterocycles. The highest BCUT2D eigenvalue weighted by atomic mass is 35.5. The number of hydrogen-bond acceptors (Lipinski definition) is 6. The van der Waals surface area contributed by atoms with E-state index in [1.165, 1.54) is 45.5 Å². The van der Waals surface area contributed by atoms with Crippen molar-refractivity contribution in [3.8, 4) is 11.5 Å². The second kappa shape index (κ2) is 9.33. The molecule has 0 aliphatic heterocycles. The van der Waals surface area contributed by atoms with E-state index in [-0.39, 0.29) is 27.0 Å². The number of halogens is 1. The van der Waals surface area contributed by atoms with Crippen LogP contribution in [0.2, 0.25) is 5.02 Å². The van der Waals surface area contributed by atoms with Gasteiger partial charge < -0.3 is 20.5 Å². The Morgan fingerprint density at radius 3 is 2.43 bits per heavy atom. The monoisotopic (exact) mass is 455 g/mol. The molecule has 0 saturated heterocycles. The average molecular weight is 456 g/mol. The summed E-state index contributed by atoms with van der Waals surface area (Å²) in [4.78, 5) is 23.7. The lowest BCUT2D eigenvalue weighted by atomic mass is 10.1. The fraction of sp³-hybridized carbons (Fsp3) is 0.263. The zero-order valence-electron chi connectivity index (χ0n) is 16.9. The number of rotatable bonds is 8. The lowest BCUT2D eigenvalue weighted by Gasteiger charge is -2.16. The molecule has 0 saturated carbocycles. The molecule has 2 aromatic carbocycles. The number of anilines is 1. The van der Waals surface area contributed by atoms with E-state index in [2.05, 4.69) is 5.32 Å². The van der Waals surface area contributed by atoms with Gasteiger partial charge >= 0.3 is 0 Å². The van der Waals surface area contributed by atoms with Gasteiger partial charge in [-0.05, 0) is 36.8 Å². The number of carbonyl (C=O) groups excluding carboxylic acids is 2. The Bertz CT molecular complexity index is 1090. The number of nitrogens with one attached hydrogen (secondary N) is 1. The molecule has 9 nitrogen and oxygen atoms in total. The first-order chi connectivity index (χ1) is 14.0. The van der Waals surface area contributed by atoms with Gasteiger partial charge in [0.1, 0.15) is 0 Å². The fourth-order valence-corrected chi connectivity index (χ4v) is 3.63. The Hall–Kier alpha value is -2.82. The third-order valence-corrected chi connectivity index (χ3v) is 6.18. The number of carbonyl (C=O) groups is 2. The molecule has 30 heavy (non-hydrogen) atoms. The number of sulfonamides is 1. The van der Waals surface area contributed by atoms with Crippen molar-refractivity contribution in [1.82, 2.24) is 4.31 Å². The SMILES string of the molecule is COc1cc(C(=O)Nc2cc(S(=O)(=O)N(C)C)ccc2C)cc(Cl)c1OCC(N)=O. The lowest BCUT2D eigenvalue weighted by molar-refractivity contribution is -0.119. The molecule has 0 spiro atoms. The maximum Gasteiger partial charge on any atom is 0.255 e. The predicted octanol–water partition coefficient (Wildman–Crippen LogP) is 2.02. The van der Waals surface area contributed by atoms with Crippen LogP contribution in [-0.4, -0.2) is 52.3 Å². The standard InChI is InChI=1S/C19H22ClN3O6S/c1-11-5-6-13(30(26,27)23(2)3)9-15(11)22-19(25)12-7-14(20)18(16(8-12)28-4)29-10-17(21)24/h5-9H,10H2,1-4H3,(H2,21,24)(H,22,25). The predicted molar refractivity (Wildman–Crippen MR) is 113 cm³/mol. The number of primary amides is 1.